The van der Waals surface area contributed by atoms with Gasteiger partial charge in [-0.1, -0.05) is 66.4 Å². The predicted octanol–water partition coefficient (Wildman–Crippen LogP) is 3.14. The van der Waals surface area contributed by atoms with Crippen molar-refractivity contribution in [3.8, 4) is 0 Å². The highest BCUT2D eigenvalue weighted by Gasteiger charge is 2.32. The minimum Gasteiger partial charge on any atom is -0.394 e. The second kappa shape index (κ2) is 10.5. The lowest BCUT2D eigenvalue weighted by molar-refractivity contribution is -0.124. The van der Waals surface area contributed by atoms with Gasteiger partial charge in [0.2, 0.25) is 5.91 Å². The van der Waals surface area contributed by atoms with Gasteiger partial charge in [0, 0.05) is 13.0 Å². The zero-order valence-electron chi connectivity index (χ0n) is 16.1. The van der Waals surface area contributed by atoms with E-state index in [2.05, 4.69) is 5.32 Å². The molecule has 3 rings (SSSR count). The van der Waals surface area contributed by atoms with Gasteiger partial charge in [-0.15, -0.1) is 0 Å². The molecule has 2 N–H and O–H groups in total. The topological polar surface area (TPSA) is 69.6 Å². The van der Waals surface area contributed by atoms with Gasteiger partial charge in [-0.05, 0) is 35.8 Å². The zero-order valence-corrected chi connectivity index (χ0v) is 17.7. The van der Waals surface area contributed by atoms with Crippen LogP contribution in [0.4, 0.5) is 4.39 Å². The Bertz CT molecular complexity index is 966. The van der Waals surface area contributed by atoms with E-state index in [1.165, 1.54) is 17.0 Å². The molecule has 0 spiro atoms. The number of aliphatic hydroxyl groups excluding tert-OH is 1. The third kappa shape index (κ3) is 5.98. The highest BCUT2D eigenvalue weighted by Crippen LogP contribution is 2.32. The first-order valence-electron chi connectivity index (χ1n) is 9.41. The molecule has 5 nitrogen and oxygen atoms in total. The molecule has 0 bridgehead atoms. The monoisotopic (exact) mass is 444 g/mol. The molecule has 1 fully saturated rings. The van der Waals surface area contributed by atoms with Crippen LogP contribution in [0.5, 0.6) is 0 Å². The fourth-order valence-electron chi connectivity index (χ4n) is 3.01. The van der Waals surface area contributed by atoms with Gasteiger partial charge in [-0.2, -0.15) is 0 Å². The van der Waals surface area contributed by atoms with Gasteiger partial charge in [-0.25, -0.2) is 4.39 Å². The predicted molar refractivity (Wildman–Crippen MR) is 120 cm³/mol. The summed E-state index contributed by atoms with van der Waals surface area (Å²) in [5.41, 5.74) is 1.58. The van der Waals surface area contributed by atoms with Crippen molar-refractivity contribution in [2.75, 3.05) is 13.2 Å². The van der Waals surface area contributed by atoms with Gasteiger partial charge in [-0.3, -0.25) is 14.5 Å². The van der Waals surface area contributed by atoms with Crippen molar-refractivity contribution < 1.29 is 19.1 Å². The smallest absolute Gasteiger partial charge is 0.266 e. The fourth-order valence-corrected chi connectivity index (χ4v) is 4.32. The minimum atomic E-state index is -0.404. The first-order valence-corrected chi connectivity index (χ1v) is 10.6. The van der Waals surface area contributed by atoms with Gasteiger partial charge in [0.1, 0.15) is 10.1 Å². The molecule has 0 aromatic heterocycles. The summed E-state index contributed by atoms with van der Waals surface area (Å²) in [6.45, 7) is -0.0431. The number of hydrogen-bond donors (Lipinski definition) is 2. The van der Waals surface area contributed by atoms with Crippen LogP contribution in [0.1, 0.15) is 17.5 Å². The van der Waals surface area contributed by atoms with Crippen LogP contribution in [-0.2, 0) is 16.0 Å². The fraction of sp³-hybridized carbons (Fsp3) is 0.227. The van der Waals surface area contributed by atoms with Crippen molar-refractivity contribution in [3.05, 3.63) is 76.4 Å². The highest BCUT2D eigenvalue weighted by atomic mass is 32.2. The SMILES string of the molecule is O=C(CCN1C(=O)/C(=C/c2cccc(F)c2)SC1=S)N[C@H](CO)Cc1ccccc1. The van der Waals surface area contributed by atoms with Crippen LogP contribution in [-0.4, -0.2) is 45.3 Å². The van der Waals surface area contributed by atoms with E-state index in [0.717, 1.165) is 17.3 Å². The van der Waals surface area contributed by atoms with E-state index in [1.54, 1.807) is 18.2 Å². The number of amides is 2. The third-order valence-electron chi connectivity index (χ3n) is 4.49. The molecule has 1 atom stereocenters. The Morgan fingerprint density at radius 2 is 2.00 bits per heavy atom. The largest absolute Gasteiger partial charge is 0.394 e. The lowest BCUT2D eigenvalue weighted by atomic mass is 10.1. The number of halogens is 1. The highest BCUT2D eigenvalue weighted by molar-refractivity contribution is 8.26. The molecule has 2 aromatic carbocycles. The number of thiocarbonyl (C=S) groups is 1. The first-order chi connectivity index (χ1) is 14.5. The van der Waals surface area contributed by atoms with E-state index in [1.807, 2.05) is 30.3 Å². The van der Waals surface area contributed by atoms with Crippen molar-refractivity contribution in [1.82, 2.24) is 10.2 Å². The van der Waals surface area contributed by atoms with Crippen molar-refractivity contribution >= 4 is 46.2 Å². The van der Waals surface area contributed by atoms with Crippen molar-refractivity contribution in [1.29, 1.82) is 0 Å². The van der Waals surface area contributed by atoms with Gasteiger partial charge in [0.15, 0.2) is 0 Å². The Kier molecular flexibility index (Phi) is 7.73. The Morgan fingerprint density at radius 1 is 1.23 bits per heavy atom. The van der Waals surface area contributed by atoms with Gasteiger partial charge in [0.05, 0.1) is 17.6 Å². The van der Waals surface area contributed by atoms with Crippen molar-refractivity contribution in [2.45, 2.75) is 18.9 Å². The van der Waals surface area contributed by atoms with Crippen LogP contribution in [0, 0.1) is 5.82 Å². The van der Waals surface area contributed by atoms with Gasteiger partial charge >= 0.3 is 0 Å². The van der Waals surface area contributed by atoms with Crippen LogP contribution < -0.4 is 5.32 Å². The molecule has 0 unspecified atom stereocenters. The van der Waals surface area contributed by atoms with E-state index in [0.29, 0.717) is 21.2 Å². The number of nitrogens with zero attached hydrogens (tertiary/aromatic N) is 1. The Morgan fingerprint density at radius 3 is 2.70 bits per heavy atom. The normalized spacial score (nSPS) is 16.2. The third-order valence-corrected chi connectivity index (χ3v) is 5.87. The molecule has 0 saturated carbocycles. The summed E-state index contributed by atoms with van der Waals surface area (Å²) in [5, 5.41) is 12.3. The summed E-state index contributed by atoms with van der Waals surface area (Å²) < 4.78 is 13.7. The van der Waals surface area contributed by atoms with Crippen LogP contribution in [0.3, 0.4) is 0 Å². The minimum absolute atomic E-state index is 0.0605. The first kappa shape index (κ1) is 22.1. The number of rotatable bonds is 8. The van der Waals surface area contributed by atoms with E-state index >= 15 is 0 Å². The number of hydrogen-bond acceptors (Lipinski definition) is 5. The Labute approximate surface area is 184 Å². The van der Waals surface area contributed by atoms with E-state index in [4.69, 9.17) is 12.2 Å². The van der Waals surface area contributed by atoms with Crippen LogP contribution >= 0.6 is 24.0 Å². The standard InChI is InChI=1S/C22H21FN2O3S2/c23-17-8-4-7-16(11-17)13-19-21(28)25(22(29)30-19)10-9-20(27)24-18(14-26)12-15-5-2-1-3-6-15/h1-8,11,13,18,26H,9-10,12,14H2,(H,24,27)/b19-13-/t18-/m0/s1. The van der Waals surface area contributed by atoms with E-state index < -0.39 is 6.04 Å². The maximum Gasteiger partial charge on any atom is 0.266 e. The molecule has 1 saturated heterocycles. The number of carbonyl (C=O) groups is 2. The number of aliphatic hydroxyl groups is 1. The lowest BCUT2D eigenvalue weighted by Crippen LogP contribution is -2.41. The molecule has 1 aliphatic heterocycles. The van der Waals surface area contributed by atoms with Crippen molar-refractivity contribution in [2.24, 2.45) is 0 Å². The number of nitrogens with one attached hydrogen (secondary N) is 1. The Hall–Kier alpha value is -2.55. The average molecular weight is 445 g/mol. The molecule has 30 heavy (non-hydrogen) atoms. The summed E-state index contributed by atoms with van der Waals surface area (Å²) in [6, 6.07) is 15.1. The van der Waals surface area contributed by atoms with E-state index in [9.17, 15) is 19.1 Å². The molecule has 1 aliphatic rings. The maximum atomic E-state index is 13.4. The molecule has 0 radical (unpaired) electrons. The van der Waals surface area contributed by atoms with Crippen LogP contribution in [0.2, 0.25) is 0 Å². The van der Waals surface area contributed by atoms with Crippen LogP contribution in [0.25, 0.3) is 6.08 Å². The maximum absolute atomic E-state index is 13.4. The van der Waals surface area contributed by atoms with Crippen molar-refractivity contribution in [3.63, 3.8) is 0 Å². The summed E-state index contributed by atoms with van der Waals surface area (Å²) in [4.78, 5) is 26.7. The van der Waals surface area contributed by atoms with E-state index in [-0.39, 0.29) is 37.2 Å². The zero-order chi connectivity index (χ0) is 21.5. The average Bonchev–Trinajstić information content (AvgIpc) is 2.99. The quantitative estimate of drug-likeness (QED) is 0.484. The molecule has 1 heterocycles. The Balaban J connectivity index is 1.55. The molecule has 0 aliphatic carbocycles. The number of benzene rings is 2. The second-order valence-electron chi connectivity index (χ2n) is 6.78. The summed E-state index contributed by atoms with van der Waals surface area (Å²) in [7, 11) is 0. The number of thioether (sulfide) groups is 1. The number of carbonyl (C=O) groups excluding carboxylic acids is 2. The lowest BCUT2D eigenvalue weighted by Gasteiger charge is -2.18. The van der Waals surface area contributed by atoms with Crippen LogP contribution in [0.15, 0.2) is 59.5 Å². The molecular formula is C22H21FN2O3S2. The summed E-state index contributed by atoms with van der Waals surface area (Å²) in [5.74, 6) is -0.956. The molecule has 2 aromatic rings. The molecular weight excluding hydrogens is 423 g/mol. The second-order valence-corrected chi connectivity index (χ2v) is 8.45. The molecule has 2 amide bonds. The molecule has 8 heteroatoms. The summed E-state index contributed by atoms with van der Waals surface area (Å²) >= 11 is 6.40. The molecule has 156 valence electrons. The summed E-state index contributed by atoms with van der Waals surface area (Å²) in [6.07, 6.45) is 2.16. The van der Waals surface area contributed by atoms with Gasteiger partial charge in [0.25, 0.3) is 5.91 Å². The van der Waals surface area contributed by atoms with Gasteiger partial charge < -0.3 is 10.4 Å².